The van der Waals surface area contributed by atoms with Crippen molar-refractivity contribution in [3.05, 3.63) is 46.7 Å². The first kappa shape index (κ1) is 19.1. The zero-order chi connectivity index (χ0) is 18.6. The van der Waals surface area contributed by atoms with Crippen LogP contribution in [0.3, 0.4) is 0 Å². The van der Waals surface area contributed by atoms with Crippen molar-refractivity contribution in [2.24, 2.45) is 5.92 Å². The highest BCUT2D eigenvalue weighted by Crippen LogP contribution is 2.33. The van der Waals surface area contributed by atoms with Crippen molar-refractivity contribution in [2.75, 3.05) is 19.0 Å². The lowest BCUT2D eigenvalue weighted by Crippen LogP contribution is -2.41. The Balaban J connectivity index is 2.30. The van der Waals surface area contributed by atoms with E-state index in [9.17, 15) is 18.7 Å². The molecule has 1 aromatic rings. The number of allylic oxidation sites excluding steroid dienone is 1. The number of hydrogen-bond acceptors (Lipinski definition) is 4. The molecule has 0 bridgehead atoms. The number of hydrogen-bond donors (Lipinski definition) is 3. The van der Waals surface area contributed by atoms with Gasteiger partial charge in [-0.25, -0.2) is 0 Å². The molecular weight excluding hydrogens is 374 g/mol. The third-order valence-corrected chi connectivity index (χ3v) is 4.19. The van der Waals surface area contributed by atoms with Crippen molar-refractivity contribution < 1.29 is 23.4 Å². The lowest BCUT2D eigenvalue weighted by atomic mass is 9.95. The minimum atomic E-state index is -1.85. The van der Waals surface area contributed by atoms with Crippen LogP contribution in [-0.2, 0) is 4.79 Å². The number of carbonyl (C=O) groups is 1. The van der Waals surface area contributed by atoms with Gasteiger partial charge in [0.05, 0.1) is 17.8 Å². The highest BCUT2D eigenvalue weighted by Gasteiger charge is 2.30. The SMILES string of the molecule is COc1c(Cl)cccc1NC(=S)C1=C(O)C(CC=C(F)F)CNC1=O. The average molecular weight is 389 g/mol. The Morgan fingerprint density at radius 3 is 2.92 bits per heavy atom. The van der Waals surface area contributed by atoms with Crippen molar-refractivity contribution in [3.8, 4) is 5.75 Å². The molecule has 9 heteroatoms. The van der Waals surface area contributed by atoms with E-state index in [1.165, 1.54) is 7.11 Å². The normalized spacial score (nSPS) is 17.0. The quantitative estimate of drug-likeness (QED) is 0.669. The molecule has 25 heavy (non-hydrogen) atoms. The van der Waals surface area contributed by atoms with Crippen molar-refractivity contribution in [1.29, 1.82) is 0 Å². The first-order valence-electron chi connectivity index (χ1n) is 7.21. The molecule has 1 aromatic carbocycles. The molecule has 0 spiro atoms. The minimum Gasteiger partial charge on any atom is -0.511 e. The number of thiocarbonyl (C=S) groups is 1. The van der Waals surface area contributed by atoms with Crippen LogP contribution >= 0.6 is 23.8 Å². The van der Waals surface area contributed by atoms with Crippen LogP contribution in [0.2, 0.25) is 5.02 Å². The van der Waals surface area contributed by atoms with Crippen LogP contribution in [0.5, 0.6) is 5.75 Å². The number of methoxy groups -OCH3 is 1. The molecular formula is C16H15ClF2N2O3S. The van der Waals surface area contributed by atoms with E-state index in [0.29, 0.717) is 22.5 Å². The number of nitrogens with one attached hydrogen (secondary N) is 2. The highest BCUT2D eigenvalue weighted by atomic mass is 35.5. The largest absolute Gasteiger partial charge is 0.511 e. The predicted octanol–water partition coefficient (Wildman–Crippen LogP) is 3.82. The van der Waals surface area contributed by atoms with Gasteiger partial charge in [0, 0.05) is 12.5 Å². The van der Waals surface area contributed by atoms with E-state index in [1.807, 2.05) is 0 Å². The summed E-state index contributed by atoms with van der Waals surface area (Å²) >= 11 is 11.2. The first-order chi connectivity index (χ1) is 11.8. The van der Waals surface area contributed by atoms with E-state index in [0.717, 1.165) is 0 Å². The number of rotatable bonds is 5. The van der Waals surface area contributed by atoms with Gasteiger partial charge in [-0.2, -0.15) is 8.78 Å². The molecule has 1 aliphatic heterocycles. The first-order valence-corrected chi connectivity index (χ1v) is 8.00. The molecule has 0 aromatic heterocycles. The zero-order valence-corrected chi connectivity index (χ0v) is 14.7. The van der Waals surface area contributed by atoms with Crippen molar-refractivity contribution in [2.45, 2.75) is 6.42 Å². The Bertz CT molecular complexity index is 764. The average Bonchev–Trinajstić information content (AvgIpc) is 2.54. The summed E-state index contributed by atoms with van der Waals surface area (Å²) in [6, 6.07) is 4.91. The fourth-order valence-electron chi connectivity index (χ4n) is 2.37. The van der Waals surface area contributed by atoms with Gasteiger partial charge in [0.1, 0.15) is 16.3 Å². The third kappa shape index (κ3) is 4.46. The van der Waals surface area contributed by atoms with Gasteiger partial charge in [-0.1, -0.05) is 29.9 Å². The second-order valence-electron chi connectivity index (χ2n) is 5.17. The number of amides is 1. The van der Waals surface area contributed by atoms with E-state index >= 15 is 0 Å². The van der Waals surface area contributed by atoms with Crippen LogP contribution in [0.15, 0.2) is 41.7 Å². The van der Waals surface area contributed by atoms with E-state index in [1.54, 1.807) is 18.2 Å². The maximum atomic E-state index is 12.3. The Labute approximate surface area is 153 Å². The minimum absolute atomic E-state index is 0.0427. The van der Waals surface area contributed by atoms with Crippen LogP contribution in [0.4, 0.5) is 14.5 Å². The molecule has 2 rings (SSSR count). The molecule has 1 heterocycles. The van der Waals surface area contributed by atoms with Gasteiger partial charge in [0.2, 0.25) is 0 Å². The van der Waals surface area contributed by atoms with Gasteiger partial charge < -0.3 is 20.5 Å². The number of carbonyl (C=O) groups excluding carboxylic acids is 1. The van der Waals surface area contributed by atoms with Crippen LogP contribution in [0, 0.1) is 5.92 Å². The van der Waals surface area contributed by atoms with Crippen molar-refractivity contribution >= 4 is 40.4 Å². The van der Waals surface area contributed by atoms with Crippen LogP contribution in [-0.4, -0.2) is 29.7 Å². The topological polar surface area (TPSA) is 70.6 Å². The number of anilines is 1. The fourth-order valence-corrected chi connectivity index (χ4v) is 2.93. The molecule has 1 atom stereocenters. The van der Waals surface area contributed by atoms with Gasteiger partial charge >= 0.3 is 0 Å². The fraction of sp³-hybridized carbons (Fsp3) is 0.250. The molecule has 1 amide bonds. The van der Waals surface area contributed by atoms with Gasteiger partial charge in [0.15, 0.2) is 5.75 Å². The third-order valence-electron chi connectivity index (χ3n) is 3.58. The molecule has 5 nitrogen and oxygen atoms in total. The lowest BCUT2D eigenvalue weighted by Gasteiger charge is -2.25. The maximum Gasteiger partial charge on any atom is 0.266 e. The summed E-state index contributed by atoms with van der Waals surface area (Å²) in [5.41, 5.74) is 0.242. The van der Waals surface area contributed by atoms with Crippen LogP contribution in [0.25, 0.3) is 0 Å². The number of para-hydroxylation sites is 1. The maximum absolute atomic E-state index is 12.3. The summed E-state index contributed by atoms with van der Waals surface area (Å²) in [4.78, 5) is 12.0. The van der Waals surface area contributed by atoms with Crippen molar-refractivity contribution in [3.63, 3.8) is 0 Å². The summed E-state index contributed by atoms with van der Waals surface area (Å²) in [6.07, 6.45) is -1.29. The second-order valence-corrected chi connectivity index (χ2v) is 5.99. The number of halogens is 3. The number of benzene rings is 1. The molecule has 0 saturated heterocycles. The molecule has 0 radical (unpaired) electrons. The van der Waals surface area contributed by atoms with E-state index < -0.39 is 17.9 Å². The van der Waals surface area contributed by atoms with E-state index in [2.05, 4.69) is 10.6 Å². The van der Waals surface area contributed by atoms with E-state index in [4.69, 9.17) is 28.6 Å². The van der Waals surface area contributed by atoms with Gasteiger partial charge in [0.25, 0.3) is 12.0 Å². The van der Waals surface area contributed by atoms with Crippen LogP contribution < -0.4 is 15.4 Å². The Morgan fingerprint density at radius 1 is 1.56 bits per heavy atom. The zero-order valence-electron chi connectivity index (χ0n) is 13.1. The molecule has 0 fully saturated rings. The highest BCUT2D eigenvalue weighted by molar-refractivity contribution is 7.81. The Hall–Kier alpha value is -2.19. The van der Waals surface area contributed by atoms with Crippen LogP contribution in [0.1, 0.15) is 6.42 Å². The smallest absolute Gasteiger partial charge is 0.266 e. The van der Waals surface area contributed by atoms with Crippen molar-refractivity contribution in [1.82, 2.24) is 5.32 Å². The predicted molar refractivity (Wildman–Crippen MR) is 95.3 cm³/mol. The monoisotopic (exact) mass is 388 g/mol. The Morgan fingerprint density at radius 2 is 2.28 bits per heavy atom. The second kappa shape index (κ2) is 8.26. The standard InChI is InChI=1S/C16H15ClF2N2O3S/c1-24-14-9(17)3-2-4-10(14)21-16(25)12-13(22)8(5-6-11(18)19)7-20-15(12)23/h2-4,6,8,22H,5,7H2,1H3,(H,20,23)(H,21,25). The van der Waals surface area contributed by atoms with Gasteiger partial charge in [-0.3, -0.25) is 4.79 Å². The molecule has 3 N–H and O–H groups in total. The number of aliphatic hydroxyl groups is 1. The van der Waals surface area contributed by atoms with Gasteiger partial charge in [-0.05, 0) is 24.6 Å². The molecule has 0 saturated carbocycles. The summed E-state index contributed by atoms with van der Waals surface area (Å²) in [5.74, 6) is -1.28. The number of aliphatic hydroxyl groups excluding tert-OH is 1. The van der Waals surface area contributed by atoms with E-state index in [-0.39, 0.29) is 29.3 Å². The molecule has 1 aliphatic rings. The summed E-state index contributed by atoms with van der Waals surface area (Å²) < 4.78 is 29.7. The summed E-state index contributed by atoms with van der Waals surface area (Å²) in [6.45, 7) is 0.0427. The van der Waals surface area contributed by atoms with Gasteiger partial charge in [-0.15, -0.1) is 0 Å². The summed E-state index contributed by atoms with van der Waals surface area (Å²) in [5, 5.41) is 16.0. The summed E-state index contributed by atoms with van der Waals surface area (Å²) in [7, 11) is 1.42. The molecule has 134 valence electrons. The Kier molecular flexibility index (Phi) is 6.33. The molecule has 0 aliphatic carbocycles. The molecule has 1 unspecified atom stereocenters. The lowest BCUT2D eigenvalue weighted by molar-refractivity contribution is -0.118. The number of ether oxygens (including phenoxy) is 1.